The van der Waals surface area contributed by atoms with Crippen molar-refractivity contribution < 1.29 is 8.98 Å². The van der Waals surface area contributed by atoms with Crippen molar-refractivity contribution in [2.24, 2.45) is 0 Å². The second kappa shape index (κ2) is 4.81. The Morgan fingerprint density at radius 2 is 1.85 bits per heavy atom. The van der Waals surface area contributed by atoms with Gasteiger partial charge in [-0.15, -0.1) is 0 Å². The van der Waals surface area contributed by atoms with E-state index in [2.05, 4.69) is 4.98 Å². The SMILES string of the molecule is Cc1cc(-c2ccc(C)o2)c(-[n+]2ccccc2)c(=O)[nH]1. The van der Waals surface area contributed by atoms with Gasteiger partial charge < -0.3 is 9.40 Å². The van der Waals surface area contributed by atoms with Crippen LogP contribution in [0.15, 0.2) is 58.0 Å². The molecule has 0 atom stereocenters. The molecule has 0 aliphatic rings. The van der Waals surface area contributed by atoms with E-state index >= 15 is 0 Å². The summed E-state index contributed by atoms with van der Waals surface area (Å²) in [5.41, 5.74) is 2.02. The molecule has 0 bridgehead atoms. The van der Waals surface area contributed by atoms with Crippen molar-refractivity contribution in [3.8, 4) is 17.0 Å². The molecule has 0 aromatic carbocycles. The average molecular weight is 267 g/mol. The number of nitrogens with zero attached hydrogens (tertiary/aromatic N) is 1. The number of rotatable bonds is 2. The highest BCUT2D eigenvalue weighted by molar-refractivity contribution is 5.65. The van der Waals surface area contributed by atoms with E-state index in [0.717, 1.165) is 17.0 Å². The summed E-state index contributed by atoms with van der Waals surface area (Å²) in [7, 11) is 0. The lowest BCUT2D eigenvalue weighted by Gasteiger charge is -2.03. The highest BCUT2D eigenvalue weighted by Crippen LogP contribution is 2.24. The maximum Gasteiger partial charge on any atom is 0.321 e. The van der Waals surface area contributed by atoms with Crippen LogP contribution in [0.5, 0.6) is 0 Å². The molecule has 3 aromatic rings. The van der Waals surface area contributed by atoms with Crippen molar-refractivity contribution in [3.63, 3.8) is 0 Å². The summed E-state index contributed by atoms with van der Waals surface area (Å²) in [4.78, 5) is 15.2. The first-order valence-corrected chi connectivity index (χ1v) is 6.42. The lowest BCUT2D eigenvalue weighted by Crippen LogP contribution is -2.37. The third-order valence-electron chi connectivity index (χ3n) is 3.12. The molecule has 3 aromatic heterocycles. The van der Waals surface area contributed by atoms with E-state index in [4.69, 9.17) is 4.42 Å². The lowest BCUT2D eigenvalue weighted by atomic mass is 10.1. The van der Waals surface area contributed by atoms with Gasteiger partial charge in [0.1, 0.15) is 11.5 Å². The van der Waals surface area contributed by atoms with Gasteiger partial charge in [-0.25, -0.2) is 0 Å². The highest BCUT2D eigenvalue weighted by Gasteiger charge is 2.21. The van der Waals surface area contributed by atoms with Crippen LogP contribution in [0.1, 0.15) is 11.5 Å². The zero-order valence-electron chi connectivity index (χ0n) is 11.4. The zero-order chi connectivity index (χ0) is 14.1. The van der Waals surface area contributed by atoms with Crippen molar-refractivity contribution in [2.75, 3.05) is 0 Å². The van der Waals surface area contributed by atoms with Crippen LogP contribution in [0.25, 0.3) is 17.0 Å². The Hall–Kier alpha value is -2.62. The molecule has 0 unspecified atom stereocenters. The molecule has 0 radical (unpaired) electrons. The number of aromatic amines is 1. The molecule has 3 heterocycles. The van der Waals surface area contributed by atoms with E-state index in [1.807, 2.05) is 62.6 Å². The van der Waals surface area contributed by atoms with Gasteiger partial charge >= 0.3 is 5.56 Å². The Morgan fingerprint density at radius 3 is 2.50 bits per heavy atom. The molecular weight excluding hydrogens is 252 g/mol. The van der Waals surface area contributed by atoms with E-state index in [1.54, 1.807) is 4.57 Å². The van der Waals surface area contributed by atoms with Crippen molar-refractivity contribution in [2.45, 2.75) is 13.8 Å². The van der Waals surface area contributed by atoms with Gasteiger partial charge in [0.05, 0.1) is 5.56 Å². The number of aryl methyl sites for hydroxylation is 2. The van der Waals surface area contributed by atoms with Crippen LogP contribution in [0.3, 0.4) is 0 Å². The molecular formula is C16H15N2O2+. The predicted octanol–water partition coefficient (Wildman–Crippen LogP) is 2.53. The Kier molecular flexibility index (Phi) is 2.99. The molecule has 100 valence electrons. The maximum absolute atomic E-state index is 12.3. The first-order chi connectivity index (χ1) is 9.65. The van der Waals surface area contributed by atoms with Gasteiger partial charge in [0.15, 0.2) is 12.4 Å². The van der Waals surface area contributed by atoms with Crippen LogP contribution in [-0.2, 0) is 0 Å². The summed E-state index contributed by atoms with van der Waals surface area (Å²) in [5.74, 6) is 1.52. The molecule has 4 heteroatoms. The molecule has 1 N–H and O–H groups in total. The fourth-order valence-corrected chi connectivity index (χ4v) is 2.25. The quantitative estimate of drug-likeness (QED) is 0.725. The summed E-state index contributed by atoms with van der Waals surface area (Å²) in [5, 5.41) is 0. The lowest BCUT2D eigenvalue weighted by molar-refractivity contribution is -0.596. The van der Waals surface area contributed by atoms with Crippen LogP contribution in [0, 0.1) is 13.8 Å². The normalized spacial score (nSPS) is 10.7. The monoisotopic (exact) mass is 267 g/mol. The summed E-state index contributed by atoms with van der Waals surface area (Å²) >= 11 is 0. The van der Waals surface area contributed by atoms with Crippen molar-refractivity contribution >= 4 is 0 Å². The fourth-order valence-electron chi connectivity index (χ4n) is 2.25. The fraction of sp³-hybridized carbons (Fsp3) is 0.125. The number of hydrogen-bond donors (Lipinski definition) is 1. The average Bonchev–Trinajstić information content (AvgIpc) is 2.85. The van der Waals surface area contributed by atoms with E-state index < -0.39 is 0 Å². The van der Waals surface area contributed by atoms with Crippen LogP contribution in [0.2, 0.25) is 0 Å². The number of furan rings is 1. The van der Waals surface area contributed by atoms with Crippen LogP contribution in [-0.4, -0.2) is 4.98 Å². The summed E-state index contributed by atoms with van der Waals surface area (Å²) in [6.45, 7) is 3.75. The minimum absolute atomic E-state index is 0.134. The molecule has 20 heavy (non-hydrogen) atoms. The Morgan fingerprint density at radius 1 is 1.10 bits per heavy atom. The summed E-state index contributed by atoms with van der Waals surface area (Å²) < 4.78 is 7.47. The number of hydrogen-bond acceptors (Lipinski definition) is 2. The van der Waals surface area contributed by atoms with Gasteiger partial charge in [-0.05, 0) is 32.0 Å². The number of aromatic nitrogens is 2. The predicted molar refractivity (Wildman–Crippen MR) is 75.8 cm³/mol. The zero-order valence-corrected chi connectivity index (χ0v) is 11.4. The van der Waals surface area contributed by atoms with Crippen LogP contribution >= 0.6 is 0 Å². The van der Waals surface area contributed by atoms with Crippen LogP contribution in [0.4, 0.5) is 0 Å². The molecule has 0 aliphatic heterocycles. The minimum Gasteiger partial charge on any atom is -0.461 e. The van der Waals surface area contributed by atoms with Gasteiger partial charge in [-0.1, -0.05) is 6.07 Å². The Balaban J connectivity index is 2.31. The molecule has 0 saturated carbocycles. The second-order valence-electron chi connectivity index (χ2n) is 4.74. The van der Waals surface area contributed by atoms with Crippen LogP contribution < -0.4 is 10.1 Å². The summed E-state index contributed by atoms with van der Waals surface area (Å²) in [6, 6.07) is 11.4. The van der Waals surface area contributed by atoms with Crippen molar-refractivity contribution in [1.82, 2.24) is 4.98 Å². The smallest absolute Gasteiger partial charge is 0.321 e. The molecule has 0 amide bonds. The van der Waals surface area contributed by atoms with Gasteiger partial charge in [0.25, 0.3) is 5.69 Å². The van der Waals surface area contributed by atoms with E-state index in [9.17, 15) is 4.79 Å². The van der Waals surface area contributed by atoms with E-state index in [1.165, 1.54) is 0 Å². The third-order valence-corrected chi connectivity index (χ3v) is 3.12. The Bertz CT molecular complexity index is 801. The molecule has 4 nitrogen and oxygen atoms in total. The minimum atomic E-state index is -0.134. The number of H-pyrrole nitrogens is 1. The highest BCUT2D eigenvalue weighted by atomic mass is 16.3. The van der Waals surface area contributed by atoms with Gasteiger partial charge in [0, 0.05) is 17.8 Å². The maximum atomic E-state index is 12.3. The Labute approximate surface area is 116 Å². The van der Waals surface area contributed by atoms with Gasteiger partial charge in [-0.3, -0.25) is 4.79 Å². The first kappa shape index (κ1) is 12.4. The molecule has 0 fully saturated rings. The van der Waals surface area contributed by atoms with Gasteiger partial charge in [0.2, 0.25) is 0 Å². The molecule has 0 aliphatic carbocycles. The topological polar surface area (TPSA) is 49.9 Å². The molecule has 3 rings (SSSR count). The number of pyridine rings is 2. The second-order valence-corrected chi connectivity index (χ2v) is 4.74. The third kappa shape index (κ3) is 2.16. The van der Waals surface area contributed by atoms with E-state index in [-0.39, 0.29) is 5.56 Å². The number of nitrogens with one attached hydrogen (secondary N) is 1. The van der Waals surface area contributed by atoms with Crippen molar-refractivity contribution in [3.05, 3.63) is 70.6 Å². The van der Waals surface area contributed by atoms with E-state index in [0.29, 0.717) is 11.4 Å². The molecule has 0 saturated heterocycles. The first-order valence-electron chi connectivity index (χ1n) is 6.42. The molecule has 0 spiro atoms. The van der Waals surface area contributed by atoms with Gasteiger partial charge in [-0.2, -0.15) is 4.57 Å². The standard InChI is InChI=1S/C16H14N2O2/c1-11-10-13(14-7-6-12(2)20-14)15(16(19)17-11)18-8-4-3-5-9-18/h3-10H,1-2H3/p+1. The largest absolute Gasteiger partial charge is 0.461 e. The van der Waals surface area contributed by atoms with Crippen molar-refractivity contribution in [1.29, 1.82) is 0 Å². The summed E-state index contributed by atoms with van der Waals surface area (Å²) in [6.07, 6.45) is 3.69.